The number of amides is 2. The minimum atomic E-state index is -4.58. The first-order chi connectivity index (χ1) is 16.1. The first-order valence-corrected chi connectivity index (χ1v) is 10.7. The number of hydrogen-bond donors (Lipinski definition) is 1. The van der Waals surface area contributed by atoms with Crippen molar-refractivity contribution in [3.63, 3.8) is 0 Å². The van der Waals surface area contributed by atoms with Crippen molar-refractivity contribution >= 4 is 12.0 Å². The van der Waals surface area contributed by atoms with Crippen molar-refractivity contribution in [2.45, 2.75) is 57.5 Å². The maximum Gasteiger partial charge on any atom is 0.435 e. The molecule has 0 spiro atoms. The third-order valence-corrected chi connectivity index (χ3v) is 5.19. The van der Waals surface area contributed by atoms with Gasteiger partial charge in [-0.3, -0.25) is 9.48 Å². The summed E-state index contributed by atoms with van der Waals surface area (Å²) in [6.45, 7) is 5.00. The van der Waals surface area contributed by atoms with Crippen molar-refractivity contribution in [2.75, 3.05) is 13.1 Å². The predicted molar refractivity (Wildman–Crippen MR) is 111 cm³/mol. The first-order valence-electron chi connectivity index (χ1n) is 10.7. The zero-order valence-electron chi connectivity index (χ0n) is 19.1. The van der Waals surface area contributed by atoms with E-state index in [2.05, 4.69) is 10.4 Å². The smallest absolute Gasteiger partial charge is 0.435 e. The third-order valence-electron chi connectivity index (χ3n) is 5.19. The molecule has 2 amide bonds. The van der Waals surface area contributed by atoms with E-state index in [4.69, 9.17) is 4.74 Å². The molecule has 0 radical (unpaired) electrons. The van der Waals surface area contributed by atoms with Crippen LogP contribution >= 0.6 is 0 Å². The summed E-state index contributed by atoms with van der Waals surface area (Å²) in [4.78, 5) is 26.3. The fourth-order valence-electron chi connectivity index (χ4n) is 3.49. The van der Waals surface area contributed by atoms with Gasteiger partial charge in [-0.05, 0) is 44.9 Å². The molecule has 1 fully saturated rings. The number of nitrogens with zero attached hydrogens (tertiary/aromatic N) is 3. The molecular weight excluding hydrogens is 482 g/mol. The van der Waals surface area contributed by atoms with E-state index in [0.717, 1.165) is 10.7 Å². The molecule has 3 rings (SSSR count). The summed E-state index contributed by atoms with van der Waals surface area (Å²) < 4.78 is 85.6. The minimum Gasteiger partial charge on any atom is -0.444 e. The molecule has 13 heteroatoms. The molecule has 2 aromatic rings. The number of likely N-dealkylation sites (tertiary alicyclic amines) is 1. The average molecular weight is 506 g/mol. The maximum atomic E-state index is 14.2. The van der Waals surface area contributed by atoms with E-state index in [0.29, 0.717) is 12.1 Å². The summed E-state index contributed by atoms with van der Waals surface area (Å²) in [6.07, 6.45) is -4.97. The van der Waals surface area contributed by atoms with Crippen molar-refractivity contribution in [2.24, 2.45) is 0 Å². The number of carbonyl (C=O) groups excluding carboxylic acids is 2. The number of nitrogens with one attached hydrogen (secondary N) is 1. The molecule has 0 bridgehead atoms. The van der Waals surface area contributed by atoms with Gasteiger partial charge in [0.15, 0.2) is 17.3 Å². The van der Waals surface area contributed by atoms with Gasteiger partial charge in [0.25, 0.3) is 0 Å². The summed E-state index contributed by atoms with van der Waals surface area (Å²) >= 11 is 0. The number of halogens is 6. The van der Waals surface area contributed by atoms with E-state index in [1.165, 1.54) is 11.1 Å². The van der Waals surface area contributed by atoms with E-state index < -0.39 is 59.0 Å². The molecule has 192 valence electrons. The molecule has 1 aromatic carbocycles. The Hall–Kier alpha value is -3.25. The van der Waals surface area contributed by atoms with E-state index in [-0.39, 0.29) is 31.5 Å². The molecule has 0 saturated carbocycles. The lowest BCUT2D eigenvalue weighted by Gasteiger charge is -2.40. The Bertz CT molecular complexity index is 1090. The molecule has 1 aliphatic rings. The molecule has 0 aliphatic carbocycles. The maximum absolute atomic E-state index is 14.2. The van der Waals surface area contributed by atoms with Gasteiger partial charge < -0.3 is 15.0 Å². The SMILES string of the molecule is CC(C)(C)OC(=O)N[C@@H](CC(=O)N1CC(n2ccc(C(F)(F)F)n2)C1)Cc1cc(F)c(F)cc1F. The highest BCUT2D eigenvalue weighted by Gasteiger charge is 2.37. The second-order valence-corrected chi connectivity index (χ2v) is 9.24. The Balaban J connectivity index is 1.66. The minimum absolute atomic E-state index is 0.0799. The Labute approximate surface area is 197 Å². The number of ether oxygens (including phenoxy) is 1. The number of hydrogen-bond acceptors (Lipinski definition) is 4. The number of aromatic nitrogens is 2. The monoisotopic (exact) mass is 506 g/mol. The van der Waals surface area contributed by atoms with E-state index >= 15 is 0 Å². The quantitative estimate of drug-likeness (QED) is 0.470. The van der Waals surface area contributed by atoms with Crippen LogP contribution in [0.5, 0.6) is 0 Å². The lowest BCUT2D eigenvalue weighted by molar-refractivity contribution is -0.143. The van der Waals surface area contributed by atoms with E-state index in [1.54, 1.807) is 20.8 Å². The second-order valence-electron chi connectivity index (χ2n) is 9.24. The van der Waals surface area contributed by atoms with Crippen LogP contribution in [0.2, 0.25) is 0 Å². The van der Waals surface area contributed by atoms with Gasteiger partial charge in [-0.25, -0.2) is 18.0 Å². The summed E-state index contributed by atoms with van der Waals surface area (Å²) in [5.41, 5.74) is -2.16. The Kier molecular flexibility index (Phi) is 7.37. The summed E-state index contributed by atoms with van der Waals surface area (Å²) in [5, 5.41) is 5.93. The predicted octanol–water partition coefficient (Wildman–Crippen LogP) is 4.23. The topological polar surface area (TPSA) is 76.5 Å². The lowest BCUT2D eigenvalue weighted by Crippen LogP contribution is -2.53. The molecular formula is C22H24F6N4O3. The standard InChI is InChI=1S/C22H24F6N4O3/c1-21(2,3)35-20(34)29-13(6-12-7-16(24)17(25)9-15(12)23)8-19(33)31-10-14(11-31)32-5-4-18(30-32)22(26,27)28/h4-5,7,9,13-14H,6,8,10-11H2,1-3H3,(H,29,34)/t13-/m1/s1. The van der Waals surface area contributed by atoms with E-state index in [1.807, 2.05) is 0 Å². The first kappa shape index (κ1) is 26.4. The normalized spacial score (nSPS) is 15.5. The van der Waals surface area contributed by atoms with Gasteiger partial charge in [0.2, 0.25) is 5.91 Å². The molecule has 2 heterocycles. The van der Waals surface area contributed by atoms with Crippen molar-refractivity contribution in [1.29, 1.82) is 0 Å². The van der Waals surface area contributed by atoms with Crippen LogP contribution in [0.4, 0.5) is 31.1 Å². The van der Waals surface area contributed by atoms with Gasteiger partial charge in [-0.2, -0.15) is 18.3 Å². The van der Waals surface area contributed by atoms with Crippen molar-refractivity contribution in [3.8, 4) is 0 Å². The Morgan fingerprint density at radius 1 is 1.11 bits per heavy atom. The molecule has 0 unspecified atom stereocenters. The van der Waals surface area contributed by atoms with Gasteiger partial charge in [0, 0.05) is 37.8 Å². The number of alkyl halides is 3. The van der Waals surface area contributed by atoms with Crippen LogP contribution in [-0.4, -0.2) is 51.4 Å². The number of alkyl carbamates (subject to hydrolysis) is 1. The largest absolute Gasteiger partial charge is 0.444 e. The van der Waals surface area contributed by atoms with Crippen LogP contribution < -0.4 is 5.32 Å². The van der Waals surface area contributed by atoms with Crippen molar-refractivity contribution < 1.29 is 40.7 Å². The summed E-state index contributed by atoms with van der Waals surface area (Å²) in [6, 6.07) is 0.361. The molecule has 35 heavy (non-hydrogen) atoms. The highest BCUT2D eigenvalue weighted by molar-refractivity contribution is 5.79. The van der Waals surface area contributed by atoms with Gasteiger partial charge in [0.1, 0.15) is 11.4 Å². The molecule has 1 N–H and O–H groups in total. The third kappa shape index (κ3) is 6.89. The molecule has 1 aromatic heterocycles. The van der Waals surface area contributed by atoms with Crippen molar-refractivity contribution in [1.82, 2.24) is 20.0 Å². The van der Waals surface area contributed by atoms with Gasteiger partial charge >= 0.3 is 12.3 Å². The van der Waals surface area contributed by atoms with Crippen LogP contribution in [0.15, 0.2) is 24.4 Å². The Morgan fingerprint density at radius 3 is 2.31 bits per heavy atom. The Morgan fingerprint density at radius 2 is 1.74 bits per heavy atom. The van der Waals surface area contributed by atoms with Crippen LogP contribution in [0.1, 0.15) is 44.5 Å². The highest BCUT2D eigenvalue weighted by atomic mass is 19.4. The summed E-state index contributed by atoms with van der Waals surface area (Å²) in [5.74, 6) is -4.19. The van der Waals surface area contributed by atoms with Gasteiger partial charge in [-0.15, -0.1) is 0 Å². The van der Waals surface area contributed by atoms with Crippen LogP contribution in [0.25, 0.3) is 0 Å². The number of benzene rings is 1. The fourth-order valence-corrected chi connectivity index (χ4v) is 3.49. The van der Waals surface area contributed by atoms with Crippen molar-refractivity contribution in [3.05, 3.63) is 53.1 Å². The average Bonchev–Trinajstić information content (AvgIpc) is 3.13. The molecule has 1 saturated heterocycles. The lowest BCUT2D eigenvalue weighted by atomic mass is 10.0. The number of rotatable bonds is 6. The highest BCUT2D eigenvalue weighted by Crippen LogP contribution is 2.29. The zero-order chi connectivity index (χ0) is 26.1. The van der Waals surface area contributed by atoms with Crippen LogP contribution in [0.3, 0.4) is 0 Å². The number of carbonyl (C=O) groups is 2. The molecule has 7 nitrogen and oxygen atoms in total. The van der Waals surface area contributed by atoms with Gasteiger partial charge in [0.05, 0.1) is 6.04 Å². The van der Waals surface area contributed by atoms with Crippen LogP contribution in [0, 0.1) is 17.5 Å². The fraction of sp³-hybridized carbons (Fsp3) is 0.500. The summed E-state index contributed by atoms with van der Waals surface area (Å²) in [7, 11) is 0. The van der Waals surface area contributed by atoms with E-state index in [9.17, 15) is 35.9 Å². The zero-order valence-corrected chi connectivity index (χ0v) is 19.1. The molecule has 1 aliphatic heterocycles. The van der Waals surface area contributed by atoms with Gasteiger partial charge in [-0.1, -0.05) is 0 Å². The second kappa shape index (κ2) is 9.78. The van der Waals surface area contributed by atoms with Crippen LogP contribution in [-0.2, 0) is 22.1 Å². The molecule has 1 atom stereocenters.